The minimum Gasteiger partial charge on any atom is -0.495 e. The van der Waals surface area contributed by atoms with Gasteiger partial charge in [0.1, 0.15) is 16.0 Å². The van der Waals surface area contributed by atoms with Crippen LogP contribution in [0.2, 0.25) is 0 Å². The fourth-order valence-corrected chi connectivity index (χ4v) is 2.96. The molecule has 18 heavy (non-hydrogen) atoms. The van der Waals surface area contributed by atoms with Crippen molar-refractivity contribution in [1.29, 1.82) is 0 Å². The van der Waals surface area contributed by atoms with Crippen molar-refractivity contribution in [2.45, 2.75) is 18.4 Å². The van der Waals surface area contributed by atoms with E-state index in [4.69, 9.17) is 19.9 Å². The number of hydrogen-bond acceptors (Lipinski definition) is 4. The minimum atomic E-state index is -0.390. The highest BCUT2D eigenvalue weighted by Gasteiger charge is 2.34. The number of halogens is 1. The molecule has 0 aliphatic carbocycles. The van der Waals surface area contributed by atoms with Gasteiger partial charge in [0.05, 0.1) is 14.2 Å². The lowest BCUT2D eigenvalue weighted by molar-refractivity contribution is 0.0513. The van der Waals surface area contributed by atoms with Gasteiger partial charge in [0, 0.05) is 24.3 Å². The van der Waals surface area contributed by atoms with Crippen LogP contribution in [-0.2, 0) is 10.3 Å². The van der Waals surface area contributed by atoms with Gasteiger partial charge in [-0.1, -0.05) is 0 Å². The normalized spacial score (nSPS) is 18.4. The Bertz CT molecular complexity index is 430. The Labute approximate surface area is 116 Å². The van der Waals surface area contributed by atoms with Gasteiger partial charge in [0.15, 0.2) is 0 Å². The average molecular weight is 316 g/mol. The topological polar surface area (TPSA) is 53.7 Å². The first-order chi connectivity index (χ1) is 8.62. The maximum Gasteiger partial charge on any atom is 0.141 e. The average Bonchev–Trinajstić information content (AvgIpc) is 2.39. The molecule has 1 fully saturated rings. The summed E-state index contributed by atoms with van der Waals surface area (Å²) in [6, 6.07) is 3.89. The van der Waals surface area contributed by atoms with Gasteiger partial charge in [-0.15, -0.1) is 0 Å². The van der Waals surface area contributed by atoms with Crippen molar-refractivity contribution in [3.8, 4) is 11.5 Å². The number of benzene rings is 1. The number of methoxy groups -OCH3 is 2. The second-order valence-electron chi connectivity index (χ2n) is 4.43. The lowest BCUT2D eigenvalue weighted by Gasteiger charge is -2.35. The van der Waals surface area contributed by atoms with Crippen LogP contribution in [-0.4, -0.2) is 27.4 Å². The van der Waals surface area contributed by atoms with Gasteiger partial charge in [-0.25, -0.2) is 0 Å². The zero-order valence-corrected chi connectivity index (χ0v) is 12.2. The highest BCUT2D eigenvalue weighted by molar-refractivity contribution is 9.10. The second kappa shape index (κ2) is 5.47. The summed E-state index contributed by atoms with van der Waals surface area (Å²) in [7, 11) is 3.28. The van der Waals surface area contributed by atoms with Crippen molar-refractivity contribution in [1.82, 2.24) is 0 Å². The Morgan fingerprint density at radius 1 is 1.22 bits per heavy atom. The van der Waals surface area contributed by atoms with Gasteiger partial charge in [-0.3, -0.25) is 0 Å². The Morgan fingerprint density at radius 2 is 1.89 bits per heavy atom. The Hall–Kier alpha value is -0.780. The minimum absolute atomic E-state index is 0.390. The molecule has 2 N–H and O–H groups in total. The Kier molecular flexibility index (Phi) is 4.14. The highest BCUT2D eigenvalue weighted by Crippen LogP contribution is 2.43. The zero-order chi connectivity index (χ0) is 13.2. The summed E-state index contributed by atoms with van der Waals surface area (Å²) in [6.45, 7) is 1.37. The lowest BCUT2D eigenvalue weighted by Crippen LogP contribution is -2.42. The van der Waals surface area contributed by atoms with Crippen molar-refractivity contribution in [3.05, 3.63) is 22.2 Å². The maximum absolute atomic E-state index is 6.50. The summed E-state index contributed by atoms with van der Waals surface area (Å²) in [6.07, 6.45) is 1.59. The van der Waals surface area contributed by atoms with Crippen LogP contribution < -0.4 is 15.2 Å². The van der Waals surface area contributed by atoms with Gasteiger partial charge in [0.25, 0.3) is 0 Å². The molecule has 0 atom stereocenters. The van der Waals surface area contributed by atoms with E-state index in [1.54, 1.807) is 14.2 Å². The molecule has 0 aromatic heterocycles. The van der Waals surface area contributed by atoms with Gasteiger partial charge in [0.2, 0.25) is 0 Å². The summed E-state index contributed by atoms with van der Waals surface area (Å²) >= 11 is 3.51. The first kappa shape index (κ1) is 13.6. The Morgan fingerprint density at radius 3 is 2.44 bits per heavy atom. The zero-order valence-electron chi connectivity index (χ0n) is 10.7. The van der Waals surface area contributed by atoms with Crippen LogP contribution in [0.4, 0.5) is 0 Å². The molecule has 1 aromatic rings. The van der Waals surface area contributed by atoms with E-state index in [-0.39, 0.29) is 0 Å². The van der Waals surface area contributed by atoms with Crippen molar-refractivity contribution in [2.24, 2.45) is 5.73 Å². The second-order valence-corrected chi connectivity index (χ2v) is 5.22. The molecule has 0 bridgehead atoms. The molecule has 2 rings (SSSR count). The first-order valence-corrected chi connectivity index (χ1v) is 6.69. The van der Waals surface area contributed by atoms with E-state index in [0.29, 0.717) is 13.2 Å². The van der Waals surface area contributed by atoms with Gasteiger partial charge < -0.3 is 19.9 Å². The molecule has 1 aliphatic rings. The van der Waals surface area contributed by atoms with Gasteiger partial charge in [-0.2, -0.15) is 0 Å². The summed E-state index contributed by atoms with van der Waals surface area (Å²) in [5.74, 6) is 1.49. The van der Waals surface area contributed by atoms with E-state index in [1.807, 2.05) is 12.1 Å². The van der Waals surface area contributed by atoms with Gasteiger partial charge >= 0.3 is 0 Å². The van der Waals surface area contributed by atoms with E-state index in [2.05, 4.69) is 15.9 Å². The molecule has 0 unspecified atom stereocenters. The third-order valence-corrected chi connectivity index (χ3v) is 4.16. The fourth-order valence-electron chi connectivity index (χ4n) is 2.29. The molecule has 1 heterocycles. The van der Waals surface area contributed by atoms with Crippen LogP contribution in [0.15, 0.2) is 16.6 Å². The molecular weight excluding hydrogens is 298 g/mol. The molecular formula is C13H18BrNO3. The maximum atomic E-state index is 6.50. The molecule has 1 aliphatic heterocycles. The van der Waals surface area contributed by atoms with Crippen molar-refractivity contribution in [3.63, 3.8) is 0 Å². The number of ether oxygens (including phenoxy) is 3. The van der Waals surface area contributed by atoms with E-state index in [1.165, 1.54) is 0 Å². The molecule has 0 amide bonds. The SMILES string of the molecule is COc1ccc(C2(N)CCOCC2)c(OC)c1Br. The molecule has 1 saturated heterocycles. The number of rotatable bonds is 3. The van der Waals surface area contributed by atoms with E-state index < -0.39 is 5.54 Å². The summed E-state index contributed by atoms with van der Waals surface area (Å²) in [4.78, 5) is 0. The number of hydrogen-bond donors (Lipinski definition) is 1. The molecule has 5 heteroatoms. The van der Waals surface area contributed by atoms with Crippen LogP contribution in [0.3, 0.4) is 0 Å². The van der Waals surface area contributed by atoms with Crippen LogP contribution >= 0.6 is 15.9 Å². The third-order valence-electron chi connectivity index (χ3n) is 3.41. The van der Waals surface area contributed by atoms with E-state index in [0.717, 1.165) is 34.4 Å². The smallest absolute Gasteiger partial charge is 0.141 e. The fraction of sp³-hybridized carbons (Fsp3) is 0.538. The Balaban J connectivity index is 2.46. The first-order valence-electron chi connectivity index (χ1n) is 5.90. The number of nitrogens with two attached hydrogens (primary N) is 1. The molecule has 100 valence electrons. The van der Waals surface area contributed by atoms with Crippen molar-refractivity contribution >= 4 is 15.9 Å². The quantitative estimate of drug-likeness (QED) is 0.930. The molecule has 0 spiro atoms. The predicted molar refractivity (Wildman–Crippen MR) is 73.2 cm³/mol. The van der Waals surface area contributed by atoms with Crippen LogP contribution in [0.25, 0.3) is 0 Å². The largest absolute Gasteiger partial charge is 0.495 e. The molecule has 0 saturated carbocycles. The van der Waals surface area contributed by atoms with Crippen molar-refractivity contribution < 1.29 is 14.2 Å². The van der Waals surface area contributed by atoms with Crippen molar-refractivity contribution in [2.75, 3.05) is 27.4 Å². The van der Waals surface area contributed by atoms with E-state index >= 15 is 0 Å². The van der Waals surface area contributed by atoms with Gasteiger partial charge in [-0.05, 0) is 40.9 Å². The molecule has 0 radical (unpaired) electrons. The lowest BCUT2D eigenvalue weighted by atomic mass is 9.83. The third kappa shape index (κ3) is 2.35. The van der Waals surface area contributed by atoms with Crippen LogP contribution in [0.5, 0.6) is 11.5 Å². The summed E-state index contributed by atoms with van der Waals surface area (Å²) < 4.78 is 16.9. The standard InChI is InChI=1S/C13H18BrNO3/c1-16-10-4-3-9(12(17-2)11(10)14)13(15)5-7-18-8-6-13/h3-4H,5-8,15H2,1-2H3. The van der Waals surface area contributed by atoms with Crippen LogP contribution in [0, 0.1) is 0 Å². The summed E-state index contributed by atoms with van der Waals surface area (Å²) in [5, 5.41) is 0. The van der Waals surface area contributed by atoms with Crippen LogP contribution in [0.1, 0.15) is 18.4 Å². The molecule has 1 aromatic carbocycles. The monoisotopic (exact) mass is 315 g/mol. The molecule has 4 nitrogen and oxygen atoms in total. The predicted octanol–water partition coefficient (Wildman–Crippen LogP) is 2.43. The highest BCUT2D eigenvalue weighted by atomic mass is 79.9. The van der Waals surface area contributed by atoms with E-state index in [9.17, 15) is 0 Å². The summed E-state index contributed by atoms with van der Waals surface area (Å²) in [5.41, 5.74) is 7.11.